The van der Waals surface area contributed by atoms with Gasteiger partial charge in [0.2, 0.25) is 5.91 Å². The van der Waals surface area contributed by atoms with Gasteiger partial charge in [-0.1, -0.05) is 24.3 Å². The average Bonchev–Trinajstić information content (AvgIpc) is 3.45. The number of nitrogens with one attached hydrogen (secondary N) is 1. The van der Waals surface area contributed by atoms with E-state index >= 15 is 0 Å². The number of rotatable bonds is 5. The van der Waals surface area contributed by atoms with E-state index in [4.69, 9.17) is 4.98 Å². The molecule has 1 saturated heterocycles. The van der Waals surface area contributed by atoms with Crippen LogP contribution in [0.15, 0.2) is 47.8 Å². The van der Waals surface area contributed by atoms with Crippen LogP contribution in [-0.4, -0.2) is 64.9 Å². The van der Waals surface area contributed by atoms with Crippen LogP contribution < -0.4 is 5.32 Å². The van der Waals surface area contributed by atoms with Crippen LogP contribution in [0.5, 0.6) is 0 Å². The van der Waals surface area contributed by atoms with Crippen molar-refractivity contribution in [2.75, 3.05) is 26.2 Å². The van der Waals surface area contributed by atoms with Crippen molar-refractivity contribution in [2.45, 2.75) is 31.8 Å². The molecule has 7 heteroatoms. The largest absolute Gasteiger partial charge is 0.352 e. The number of hydrogen-bond donors (Lipinski definition) is 1. The Morgan fingerprint density at radius 3 is 2.58 bits per heavy atom. The maximum absolute atomic E-state index is 13.5. The fraction of sp³-hybridized carbons (Fsp3) is 0.375. The first-order valence-electron chi connectivity index (χ1n) is 10.9. The Hall–Kier alpha value is -2.77. The van der Waals surface area contributed by atoms with Gasteiger partial charge in [0.15, 0.2) is 0 Å². The number of carbonyl (C=O) groups excluding carboxylic acids is 2. The van der Waals surface area contributed by atoms with Crippen molar-refractivity contribution >= 4 is 34.1 Å². The Balaban J connectivity index is 1.34. The SMILES string of the molecule is CC(C(=O)NC1CC1)N1CCN(C(=O)c2cc(-c3cccs3)nc3ccccc23)CC1. The predicted molar refractivity (Wildman–Crippen MR) is 123 cm³/mol. The minimum atomic E-state index is -0.162. The van der Waals surface area contributed by atoms with E-state index in [1.165, 1.54) is 0 Å². The molecule has 160 valence electrons. The van der Waals surface area contributed by atoms with Crippen LogP contribution in [0.4, 0.5) is 0 Å². The molecule has 1 aromatic carbocycles. The Kier molecular flexibility index (Phi) is 5.46. The molecule has 31 heavy (non-hydrogen) atoms. The number of thiophene rings is 1. The molecular formula is C24H26N4O2S. The minimum absolute atomic E-state index is 0.0335. The number of para-hydroxylation sites is 1. The molecule has 0 radical (unpaired) electrons. The normalized spacial score (nSPS) is 18.2. The van der Waals surface area contributed by atoms with Gasteiger partial charge in [-0.2, -0.15) is 0 Å². The maximum Gasteiger partial charge on any atom is 0.254 e. The molecule has 1 unspecified atom stereocenters. The molecule has 5 rings (SSSR count). The monoisotopic (exact) mass is 434 g/mol. The standard InChI is InChI=1S/C24H26N4O2S/c1-16(23(29)25-17-8-9-17)27-10-12-28(13-11-27)24(30)19-15-21(22-7-4-14-31-22)26-20-6-3-2-5-18(19)20/h2-7,14-17H,8-13H2,1H3,(H,25,29). The molecule has 1 atom stereocenters. The second kappa shape index (κ2) is 8.40. The zero-order valence-corrected chi connectivity index (χ0v) is 18.4. The molecule has 2 amide bonds. The third-order valence-electron chi connectivity index (χ3n) is 6.17. The van der Waals surface area contributed by atoms with Crippen molar-refractivity contribution in [3.05, 3.63) is 53.4 Å². The van der Waals surface area contributed by atoms with Crippen LogP contribution in [0.25, 0.3) is 21.5 Å². The summed E-state index contributed by atoms with van der Waals surface area (Å²) < 4.78 is 0. The summed E-state index contributed by atoms with van der Waals surface area (Å²) in [6.45, 7) is 4.59. The van der Waals surface area contributed by atoms with Gasteiger partial charge < -0.3 is 10.2 Å². The van der Waals surface area contributed by atoms with E-state index < -0.39 is 0 Å². The quantitative estimate of drug-likeness (QED) is 0.669. The summed E-state index contributed by atoms with van der Waals surface area (Å²) >= 11 is 1.62. The first-order chi connectivity index (χ1) is 15.1. The highest BCUT2D eigenvalue weighted by molar-refractivity contribution is 7.13. The van der Waals surface area contributed by atoms with E-state index in [1.807, 2.05) is 59.7 Å². The number of piperazine rings is 1. The Labute approximate surface area is 185 Å². The average molecular weight is 435 g/mol. The summed E-state index contributed by atoms with van der Waals surface area (Å²) in [6.07, 6.45) is 2.18. The van der Waals surface area contributed by atoms with Gasteiger partial charge in [-0.25, -0.2) is 4.98 Å². The highest BCUT2D eigenvalue weighted by Gasteiger charge is 2.31. The third kappa shape index (κ3) is 4.20. The summed E-state index contributed by atoms with van der Waals surface area (Å²) in [5.74, 6) is 0.133. The smallest absolute Gasteiger partial charge is 0.254 e. The van der Waals surface area contributed by atoms with Gasteiger partial charge in [0.05, 0.1) is 27.7 Å². The highest BCUT2D eigenvalue weighted by atomic mass is 32.1. The second-order valence-corrected chi connectivity index (χ2v) is 9.28. The molecule has 6 nitrogen and oxygen atoms in total. The molecule has 2 aliphatic rings. The van der Waals surface area contributed by atoms with E-state index in [0.29, 0.717) is 37.8 Å². The van der Waals surface area contributed by atoms with Gasteiger partial charge in [0, 0.05) is 37.6 Å². The zero-order chi connectivity index (χ0) is 21.4. The van der Waals surface area contributed by atoms with Crippen LogP contribution in [0.2, 0.25) is 0 Å². The van der Waals surface area contributed by atoms with E-state index in [9.17, 15) is 9.59 Å². The number of aromatic nitrogens is 1. The van der Waals surface area contributed by atoms with Crippen molar-refractivity contribution in [3.63, 3.8) is 0 Å². The highest BCUT2D eigenvalue weighted by Crippen LogP contribution is 2.29. The number of amides is 2. The third-order valence-corrected chi connectivity index (χ3v) is 7.06. The molecule has 1 saturated carbocycles. The number of carbonyl (C=O) groups is 2. The molecule has 1 aliphatic heterocycles. The Morgan fingerprint density at radius 1 is 1.10 bits per heavy atom. The molecule has 3 aromatic rings. The number of pyridine rings is 1. The lowest BCUT2D eigenvalue weighted by Gasteiger charge is -2.37. The van der Waals surface area contributed by atoms with Gasteiger partial charge in [0.1, 0.15) is 0 Å². The zero-order valence-electron chi connectivity index (χ0n) is 17.6. The fourth-order valence-electron chi connectivity index (χ4n) is 4.10. The molecule has 1 N–H and O–H groups in total. The first kappa shape index (κ1) is 20.2. The number of nitrogens with zero attached hydrogens (tertiary/aromatic N) is 3. The summed E-state index contributed by atoms with van der Waals surface area (Å²) in [5.41, 5.74) is 2.36. The molecule has 2 aromatic heterocycles. The van der Waals surface area contributed by atoms with Gasteiger partial charge in [-0.15, -0.1) is 11.3 Å². The lowest BCUT2D eigenvalue weighted by molar-refractivity contribution is -0.126. The molecule has 0 bridgehead atoms. The van der Waals surface area contributed by atoms with Crippen LogP contribution in [0, 0.1) is 0 Å². The Bertz CT molecular complexity index is 1100. The summed E-state index contributed by atoms with van der Waals surface area (Å²) in [6, 6.07) is 14.0. The van der Waals surface area contributed by atoms with Gasteiger partial charge in [-0.05, 0) is 43.3 Å². The Morgan fingerprint density at radius 2 is 1.87 bits per heavy atom. The lowest BCUT2D eigenvalue weighted by Crippen LogP contribution is -2.55. The predicted octanol–water partition coefficient (Wildman–Crippen LogP) is 3.39. The van der Waals surface area contributed by atoms with Crippen molar-refractivity contribution in [2.24, 2.45) is 0 Å². The van der Waals surface area contributed by atoms with E-state index in [0.717, 1.165) is 34.3 Å². The molecule has 0 spiro atoms. The van der Waals surface area contributed by atoms with E-state index in [-0.39, 0.29) is 17.9 Å². The molecule has 1 aliphatic carbocycles. The van der Waals surface area contributed by atoms with Crippen molar-refractivity contribution in [1.82, 2.24) is 20.1 Å². The van der Waals surface area contributed by atoms with Gasteiger partial charge in [0.25, 0.3) is 5.91 Å². The summed E-state index contributed by atoms with van der Waals surface area (Å²) in [7, 11) is 0. The van der Waals surface area contributed by atoms with Crippen LogP contribution >= 0.6 is 11.3 Å². The maximum atomic E-state index is 13.5. The van der Waals surface area contributed by atoms with E-state index in [2.05, 4.69) is 10.2 Å². The van der Waals surface area contributed by atoms with Crippen molar-refractivity contribution < 1.29 is 9.59 Å². The number of benzene rings is 1. The lowest BCUT2D eigenvalue weighted by atomic mass is 10.0. The van der Waals surface area contributed by atoms with Gasteiger partial charge in [-0.3, -0.25) is 14.5 Å². The summed E-state index contributed by atoms with van der Waals surface area (Å²) in [5, 5.41) is 5.99. The molecule has 3 heterocycles. The van der Waals surface area contributed by atoms with Crippen LogP contribution in [0.1, 0.15) is 30.1 Å². The molecular weight excluding hydrogens is 408 g/mol. The van der Waals surface area contributed by atoms with Gasteiger partial charge >= 0.3 is 0 Å². The first-order valence-corrected chi connectivity index (χ1v) is 11.8. The topological polar surface area (TPSA) is 65.5 Å². The number of hydrogen-bond acceptors (Lipinski definition) is 5. The minimum Gasteiger partial charge on any atom is -0.352 e. The second-order valence-electron chi connectivity index (χ2n) is 8.34. The van der Waals surface area contributed by atoms with Crippen molar-refractivity contribution in [1.29, 1.82) is 0 Å². The van der Waals surface area contributed by atoms with Crippen LogP contribution in [-0.2, 0) is 4.79 Å². The summed E-state index contributed by atoms with van der Waals surface area (Å²) in [4.78, 5) is 35.8. The fourth-order valence-corrected chi connectivity index (χ4v) is 4.79. The molecule has 2 fully saturated rings. The van der Waals surface area contributed by atoms with E-state index in [1.54, 1.807) is 11.3 Å². The number of fused-ring (bicyclic) bond motifs is 1. The van der Waals surface area contributed by atoms with Crippen molar-refractivity contribution in [3.8, 4) is 10.6 Å². The van der Waals surface area contributed by atoms with Crippen LogP contribution in [0.3, 0.4) is 0 Å².